The molecule has 0 aliphatic carbocycles. The van der Waals surface area contributed by atoms with E-state index in [0.29, 0.717) is 24.3 Å². The molecule has 0 N–H and O–H groups in total. The number of nitrogens with zero attached hydrogens (tertiary/aromatic N) is 2. The molecule has 150 valence electrons. The van der Waals surface area contributed by atoms with Crippen molar-refractivity contribution in [1.82, 2.24) is 4.90 Å². The van der Waals surface area contributed by atoms with Crippen molar-refractivity contribution in [3.05, 3.63) is 81.0 Å². The molecule has 0 bridgehead atoms. The van der Waals surface area contributed by atoms with Crippen LogP contribution < -0.4 is 4.31 Å². The second kappa shape index (κ2) is 7.82. The highest BCUT2D eigenvalue weighted by Gasteiger charge is 2.27. The minimum absolute atomic E-state index is 0.0791. The average Bonchev–Trinajstić information content (AvgIpc) is 3.21. The Morgan fingerprint density at radius 3 is 2.66 bits per heavy atom. The second-order valence-electron chi connectivity index (χ2n) is 6.80. The summed E-state index contributed by atoms with van der Waals surface area (Å²) < 4.78 is 27.5. The first-order valence-corrected chi connectivity index (χ1v) is 11.8. The highest BCUT2D eigenvalue weighted by Crippen LogP contribution is 2.30. The van der Waals surface area contributed by atoms with Crippen LogP contribution >= 0.6 is 22.9 Å². The molecular weight excluding hydrogens is 428 g/mol. The summed E-state index contributed by atoms with van der Waals surface area (Å²) in [4.78, 5) is 16.0. The van der Waals surface area contributed by atoms with Crippen LogP contribution in [0.25, 0.3) is 0 Å². The molecule has 2 aromatic carbocycles. The molecule has 29 heavy (non-hydrogen) atoms. The number of benzene rings is 2. The van der Waals surface area contributed by atoms with Gasteiger partial charge in [-0.05, 0) is 53.8 Å². The number of fused-ring (bicyclic) bond motifs is 1. The van der Waals surface area contributed by atoms with E-state index in [1.54, 1.807) is 46.6 Å². The fraction of sp³-hybridized carbons (Fsp3) is 0.190. The quantitative estimate of drug-likeness (QED) is 0.595. The number of hydrogen-bond acceptors (Lipinski definition) is 4. The van der Waals surface area contributed by atoms with Gasteiger partial charge < -0.3 is 4.90 Å². The van der Waals surface area contributed by atoms with Crippen molar-refractivity contribution in [1.29, 1.82) is 0 Å². The zero-order valence-corrected chi connectivity index (χ0v) is 18.1. The van der Waals surface area contributed by atoms with Gasteiger partial charge in [0.25, 0.3) is 15.9 Å². The summed E-state index contributed by atoms with van der Waals surface area (Å²) in [7, 11) is -2.45. The zero-order valence-electron chi connectivity index (χ0n) is 15.7. The third-order valence-electron chi connectivity index (χ3n) is 5.03. The Balaban J connectivity index is 1.65. The summed E-state index contributed by atoms with van der Waals surface area (Å²) in [6.45, 7) is 1.15. The van der Waals surface area contributed by atoms with Crippen LogP contribution in [0.4, 0.5) is 5.69 Å². The highest BCUT2D eigenvalue weighted by atomic mass is 35.5. The van der Waals surface area contributed by atoms with Crippen LogP contribution in [0.5, 0.6) is 0 Å². The lowest BCUT2D eigenvalue weighted by molar-refractivity contribution is 0.0735. The number of hydrogen-bond donors (Lipinski definition) is 0. The average molecular weight is 447 g/mol. The molecule has 1 aliphatic rings. The fourth-order valence-corrected chi connectivity index (χ4v) is 5.95. The Morgan fingerprint density at radius 2 is 1.90 bits per heavy atom. The number of thiophene rings is 1. The van der Waals surface area contributed by atoms with E-state index in [0.717, 1.165) is 12.0 Å². The van der Waals surface area contributed by atoms with Crippen molar-refractivity contribution in [3.63, 3.8) is 0 Å². The van der Waals surface area contributed by atoms with Gasteiger partial charge in [0.2, 0.25) is 0 Å². The first-order chi connectivity index (χ1) is 13.9. The van der Waals surface area contributed by atoms with E-state index in [2.05, 4.69) is 0 Å². The maximum absolute atomic E-state index is 13.2. The van der Waals surface area contributed by atoms with E-state index in [9.17, 15) is 13.2 Å². The van der Waals surface area contributed by atoms with Gasteiger partial charge in [-0.1, -0.05) is 29.8 Å². The molecule has 2 heterocycles. The van der Waals surface area contributed by atoms with Gasteiger partial charge >= 0.3 is 0 Å². The monoisotopic (exact) mass is 446 g/mol. The van der Waals surface area contributed by atoms with Crippen LogP contribution in [0, 0.1) is 0 Å². The lowest BCUT2D eigenvalue weighted by Gasteiger charge is -2.27. The molecule has 0 saturated carbocycles. The summed E-state index contributed by atoms with van der Waals surface area (Å²) in [6.07, 6.45) is 0.814. The molecule has 1 amide bonds. The SMILES string of the molecule is CN(c1ccccc1)S(=O)(=O)c1cc(C(=O)N2CCc3sccc3C2)ccc1Cl. The van der Waals surface area contributed by atoms with E-state index < -0.39 is 10.0 Å². The highest BCUT2D eigenvalue weighted by molar-refractivity contribution is 7.93. The molecule has 4 rings (SSSR count). The Kier molecular flexibility index (Phi) is 5.38. The van der Waals surface area contributed by atoms with Gasteiger partial charge in [0, 0.05) is 30.6 Å². The first kappa shape index (κ1) is 19.9. The van der Waals surface area contributed by atoms with Crippen molar-refractivity contribution in [3.8, 4) is 0 Å². The molecule has 3 aromatic rings. The van der Waals surface area contributed by atoms with E-state index in [1.165, 1.54) is 28.4 Å². The van der Waals surface area contributed by atoms with E-state index >= 15 is 0 Å². The third-order valence-corrected chi connectivity index (χ3v) is 8.32. The van der Waals surface area contributed by atoms with Gasteiger partial charge in [-0.3, -0.25) is 9.10 Å². The predicted octanol–water partition coefficient (Wildman–Crippen LogP) is 4.43. The van der Waals surface area contributed by atoms with E-state index in [1.807, 2.05) is 17.5 Å². The van der Waals surface area contributed by atoms with Gasteiger partial charge in [-0.25, -0.2) is 8.42 Å². The van der Waals surface area contributed by atoms with Crippen LogP contribution in [0.15, 0.2) is 64.9 Å². The van der Waals surface area contributed by atoms with Crippen LogP contribution in [0.1, 0.15) is 20.8 Å². The number of halogens is 1. The lowest BCUT2D eigenvalue weighted by atomic mass is 10.1. The van der Waals surface area contributed by atoms with Crippen molar-refractivity contribution < 1.29 is 13.2 Å². The van der Waals surface area contributed by atoms with Crippen molar-refractivity contribution in [2.75, 3.05) is 17.9 Å². The van der Waals surface area contributed by atoms with Gasteiger partial charge in [0.15, 0.2) is 0 Å². The Labute approximate surface area is 179 Å². The summed E-state index contributed by atoms with van der Waals surface area (Å²) in [5, 5.41) is 2.12. The zero-order chi connectivity index (χ0) is 20.6. The summed E-state index contributed by atoms with van der Waals surface area (Å²) in [5.74, 6) is -0.197. The van der Waals surface area contributed by atoms with E-state index in [4.69, 9.17) is 11.6 Å². The maximum atomic E-state index is 13.2. The summed E-state index contributed by atoms with van der Waals surface area (Å²) in [6, 6.07) is 15.2. The number of sulfonamides is 1. The van der Waals surface area contributed by atoms with Gasteiger partial charge in [-0.15, -0.1) is 11.3 Å². The van der Waals surface area contributed by atoms with Crippen LogP contribution in [0.3, 0.4) is 0 Å². The standard InChI is InChI=1S/C21H19ClN2O3S2/c1-23(17-5-3-2-4-6-17)29(26,27)20-13-15(7-8-18(20)22)21(25)24-11-9-19-16(14-24)10-12-28-19/h2-8,10,12-13H,9,11,14H2,1H3. The third kappa shape index (κ3) is 3.77. The molecule has 0 spiro atoms. The normalized spacial score (nSPS) is 13.8. The molecule has 1 aliphatic heterocycles. The Bertz CT molecular complexity index is 1160. The van der Waals surface area contributed by atoms with Gasteiger partial charge in [0.1, 0.15) is 4.90 Å². The molecule has 1 aromatic heterocycles. The molecule has 0 atom stereocenters. The largest absolute Gasteiger partial charge is 0.334 e. The van der Waals surface area contributed by atoms with E-state index in [-0.39, 0.29) is 15.8 Å². The summed E-state index contributed by atoms with van der Waals surface area (Å²) >= 11 is 7.93. The molecule has 0 unspecified atom stereocenters. The molecule has 8 heteroatoms. The number of para-hydroxylation sites is 1. The minimum atomic E-state index is -3.92. The minimum Gasteiger partial charge on any atom is -0.334 e. The molecular formula is C21H19ClN2O3S2. The molecule has 0 radical (unpaired) electrons. The number of carbonyl (C=O) groups is 1. The van der Waals surface area contributed by atoms with Gasteiger partial charge in [-0.2, -0.15) is 0 Å². The van der Waals surface area contributed by atoms with Crippen molar-refractivity contribution >= 4 is 44.6 Å². The number of amides is 1. The van der Waals surface area contributed by atoms with Crippen molar-refractivity contribution in [2.24, 2.45) is 0 Å². The van der Waals surface area contributed by atoms with Crippen LogP contribution in [-0.2, 0) is 23.0 Å². The number of carbonyl (C=O) groups excluding carboxylic acids is 1. The first-order valence-electron chi connectivity index (χ1n) is 9.06. The predicted molar refractivity (Wildman–Crippen MR) is 116 cm³/mol. The second-order valence-corrected chi connectivity index (χ2v) is 10.1. The topological polar surface area (TPSA) is 57.7 Å². The molecule has 0 saturated heterocycles. The fourth-order valence-electron chi connectivity index (χ4n) is 3.36. The number of anilines is 1. The molecule has 0 fully saturated rings. The van der Waals surface area contributed by atoms with Crippen molar-refractivity contribution in [2.45, 2.75) is 17.9 Å². The lowest BCUT2D eigenvalue weighted by Crippen LogP contribution is -2.35. The van der Waals surface area contributed by atoms with Gasteiger partial charge in [0.05, 0.1) is 10.7 Å². The Hall–Kier alpha value is -2.35. The number of rotatable bonds is 4. The van der Waals surface area contributed by atoms with Crippen LogP contribution in [0.2, 0.25) is 5.02 Å². The maximum Gasteiger partial charge on any atom is 0.265 e. The molecule has 5 nitrogen and oxygen atoms in total. The summed E-state index contributed by atoms with van der Waals surface area (Å²) in [5.41, 5.74) is 1.98. The smallest absolute Gasteiger partial charge is 0.265 e. The Morgan fingerprint density at radius 1 is 1.14 bits per heavy atom. The van der Waals surface area contributed by atoms with Crippen LogP contribution in [-0.4, -0.2) is 32.8 Å².